The zero-order valence-corrected chi connectivity index (χ0v) is 16.4. The number of benzene rings is 2. The van der Waals surface area contributed by atoms with Gasteiger partial charge in [-0.3, -0.25) is 9.59 Å². The predicted molar refractivity (Wildman–Crippen MR) is 111 cm³/mol. The van der Waals surface area contributed by atoms with Crippen LogP contribution < -0.4 is 10.6 Å². The molecule has 6 heteroatoms. The summed E-state index contributed by atoms with van der Waals surface area (Å²) in [5.74, 6) is 0.0808. The van der Waals surface area contributed by atoms with Crippen molar-refractivity contribution in [2.24, 2.45) is 5.92 Å². The molecule has 1 unspecified atom stereocenters. The van der Waals surface area contributed by atoms with Gasteiger partial charge in [0.05, 0.1) is 11.1 Å². The van der Waals surface area contributed by atoms with Gasteiger partial charge in [0.15, 0.2) is 0 Å². The molecule has 2 aromatic carbocycles. The van der Waals surface area contributed by atoms with Gasteiger partial charge in [-0.15, -0.1) is 11.3 Å². The number of hydrogen-bond acceptors (Lipinski definition) is 3. The molecule has 1 fully saturated rings. The summed E-state index contributed by atoms with van der Waals surface area (Å²) in [4.78, 5) is 25.0. The quantitative estimate of drug-likeness (QED) is 0.605. The number of carbonyl (C=O) groups is 2. The normalized spacial score (nSPS) is 14.7. The van der Waals surface area contributed by atoms with Gasteiger partial charge < -0.3 is 10.6 Å². The molecule has 0 saturated heterocycles. The van der Waals surface area contributed by atoms with E-state index in [0.29, 0.717) is 9.90 Å². The second kappa shape index (κ2) is 7.33. The lowest BCUT2D eigenvalue weighted by Crippen LogP contribution is -2.26. The largest absolute Gasteiger partial charge is 0.345 e. The average molecular weight is 399 g/mol. The zero-order chi connectivity index (χ0) is 19.0. The van der Waals surface area contributed by atoms with Crippen molar-refractivity contribution in [2.75, 3.05) is 5.32 Å². The minimum absolute atomic E-state index is 0.0866. The van der Waals surface area contributed by atoms with E-state index >= 15 is 0 Å². The molecule has 4 rings (SSSR count). The van der Waals surface area contributed by atoms with Crippen molar-refractivity contribution >= 4 is 50.5 Å². The minimum atomic E-state index is -0.181. The van der Waals surface area contributed by atoms with E-state index < -0.39 is 0 Å². The summed E-state index contributed by atoms with van der Waals surface area (Å²) in [6.45, 7) is 1.93. The summed E-state index contributed by atoms with van der Waals surface area (Å²) in [6.07, 6.45) is 1.96. The van der Waals surface area contributed by atoms with Crippen molar-refractivity contribution < 1.29 is 9.59 Å². The predicted octanol–water partition coefficient (Wildman–Crippen LogP) is 5.39. The Morgan fingerprint density at radius 3 is 2.48 bits per heavy atom. The molecular formula is C21H19ClN2O2S. The molecule has 1 aromatic heterocycles. The standard InChI is InChI=1S/C21H19ClN2O2S/c1-12(13-8-10-15(11-9-13)24-20(25)14-6-7-14)23-21(26)19-18(22)16-4-2-3-5-17(16)27-19/h2-5,8-12,14H,6-7H2,1H3,(H,23,26)(H,24,25). The third kappa shape index (κ3) is 3.84. The van der Waals surface area contributed by atoms with Crippen molar-refractivity contribution in [2.45, 2.75) is 25.8 Å². The monoisotopic (exact) mass is 398 g/mol. The highest BCUT2D eigenvalue weighted by Crippen LogP contribution is 2.35. The molecular weight excluding hydrogens is 380 g/mol. The molecule has 2 N–H and O–H groups in total. The smallest absolute Gasteiger partial charge is 0.263 e. The summed E-state index contributed by atoms with van der Waals surface area (Å²) < 4.78 is 0.996. The van der Waals surface area contributed by atoms with Crippen LogP contribution in [-0.2, 0) is 4.79 Å². The van der Waals surface area contributed by atoms with Gasteiger partial charge in [-0.05, 0) is 43.5 Å². The van der Waals surface area contributed by atoms with Crippen LogP contribution in [0.25, 0.3) is 10.1 Å². The first-order valence-electron chi connectivity index (χ1n) is 8.91. The van der Waals surface area contributed by atoms with E-state index in [1.807, 2.05) is 55.5 Å². The highest BCUT2D eigenvalue weighted by Gasteiger charge is 2.29. The third-order valence-electron chi connectivity index (χ3n) is 4.72. The van der Waals surface area contributed by atoms with Gasteiger partial charge in [0, 0.05) is 21.7 Å². The molecule has 1 heterocycles. The van der Waals surface area contributed by atoms with Crippen molar-refractivity contribution in [3.8, 4) is 0 Å². The molecule has 0 spiro atoms. The van der Waals surface area contributed by atoms with E-state index in [0.717, 1.165) is 34.2 Å². The Labute approximate surface area is 166 Å². The zero-order valence-electron chi connectivity index (χ0n) is 14.8. The van der Waals surface area contributed by atoms with Gasteiger partial charge >= 0.3 is 0 Å². The van der Waals surface area contributed by atoms with Crippen LogP contribution >= 0.6 is 22.9 Å². The van der Waals surface area contributed by atoms with Gasteiger partial charge in [0.1, 0.15) is 4.88 Å². The number of anilines is 1. The van der Waals surface area contributed by atoms with E-state index in [4.69, 9.17) is 11.6 Å². The number of fused-ring (bicyclic) bond motifs is 1. The van der Waals surface area contributed by atoms with Crippen LogP contribution in [0, 0.1) is 5.92 Å². The number of carbonyl (C=O) groups excluding carboxylic acids is 2. The first kappa shape index (κ1) is 18.0. The number of thiophene rings is 1. The van der Waals surface area contributed by atoms with Crippen LogP contribution in [0.3, 0.4) is 0 Å². The van der Waals surface area contributed by atoms with Crippen LogP contribution in [0.2, 0.25) is 5.02 Å². The highest BCUT2D eigenvalue weighted by molar-refractivity contribution is 7.21. The topological polar surface area (TPSA) is 58.2 Å². The number of hydrogen-bond donors (Lipinski definition) is 2. The molecule has 1 saturated carbocycles. The molecule has 0 aliphatic heterocycles. The SMILES string of the molecule is CC(NC(=O)c1sc2ccccc2c1Cl)c1ccc(NC(=O)C2CC2)cc1. The molecule has 1 aliphatic carbocycles. The van der Waals surface area contributed by atoms with Gasteiger partial charge in [0.2, 0.25) is 5.91 Å². The molecule has 138 valence electrons. The lowest BCUT2D eigenvalue weighted by Gasteiger charge is -2.15. The van der Waals surface area contributed by atoms with Crippen molar-refractivity contribution in [3.05, 3.63) is 64.0 Å². The molecule has 3 aromatic rings. The molecule has 0 radical (unpaired) electrons. The fourth-order valence-electron chi connectivity index (χ4n) is 2.95. The molecule has 27 heavy (non-hydrogen) atoms. The maximum absolute atomic E-state index is 12.7. The van der Waals surface area contributed by atoms with Crippen molar-refractivity contribution in [1.29, 1.82) is 0 Å². The Morgan fingerprint density at radius 1 is 1.11 bits per heavy atom. The second-order valence-corrected chi connectivity index (χ2v) is 8.25. The van der Waals surface area contributed by atoms with Crippen LogP contribution in [0.5, 0.6) is 0 Å². The molecule has 2 amide bonds. The maximum atomic E-state index is 12.7. The fourth-order valence-corrected chi connectivity index (χ4v) is 4.37. The van der Waals surface area contributed by atoms with Crippen LogP contribution in [-0.4, -0.2) is 11.8 Å². The van der Waals surface area contributed by atoms with E-state index in [1.54, 1.807) is 0 Å². The Bertz CT molecular complexity index is 1010. The lowest BCUT2D eigenvalue weighted by atomic mass is 10.1. The number of halogens is 1. The number of nitrogens with one attached hydrogen (secondary N) is 2. The molecule has 0 bridgehead atoms. The van der Waals surface area contributed by atoms with Crippen molar-refractivity contribution in [3.63, 3.8) is 0 Å². The van der Waals surface area contributed by atoms with Crippen LogP contribution in [0.4, 0.5) is 5.69 Å². The number of rotatable bonds is 5. The van der Waals surface area contributed by atoms with E-state index in [-0.39, 0.29) is 23.8 Å². The Balaban J connectivity index is 1.44. The third-order valence-corrected chi connectivity index (χ3v) is 6.39. The highest BCUT2D eigenvalue weighted by atomic mass is 35.5. The van der Waals surface area contributed by atoms with Crippen LogP contribution in [0.15, 0.2) is 48.5 Å². The molecule has 4 nitrogen and oxygen atoms in total. The van der Waals surface area contributed by atoms with E-state index in [1.165, 1.54) is 11.3 Å². The van der Waals surface area contributed by atoms with E-state index in [9.17, 15) is 9.59 Å². The first-order chi connectivity index (χ1) is 13.0. The summed E-state index contributed by atoms with van der Waals surface area (Å²) in [5.41, 5.74) is 1.74. The summed E-state index contributed by atoms with van der Waals surface area (Å²) in [6, 6.07) is 15.1. The first-order valence-corrected chi connectivity index (χ1v) is 10.1. The summed E-state index contributed by atoms with van der Waals surface area (Å²) >= 11 is 7.79. The van der Waals surface area contributed by atoms with Crippen LogP contribution in [0.1, 0.15) is 41.0 Å². The minimum Gasteiger partial charge on any atom is -0.345 e. The van der Waals surface area contributed by atoms with E-state index in [2.05, 4.69) is 10.6 Å². The van der Waals surface area contributed by atoms with Gasteiger partial charge in [-0.1, -0.05) is 41.9 Å². The Kier molecular flexibility index (Phi) is 4.89. The molecule has 1 aliphatic rings. The Morgan fingerprint density at radius 2 is 1.81 bits per heavy atom. The van der Waals surface area contributed by atoms with Gasteiger partial charge in [-0.2, -0.15) is 0 Å². The molecule has 1 atom stereocenters. The average Bonchev–Trinajstić information content (AvgIpc) is 3.47. The lowest BCUT2D eigenvalue weighted by molar-refractivity contribution is -0.117. The fraction of sp³-hybridized carbons (Fsp3) is 0.238. The second-order valence-electron chi connectivity index (χ2n) is 6.82. The van der Waals surface area contributed by atoms with Gasteiger partial charge in [-0.25, -0.2) is 0 Å². The Hall–Kier alpha value is -2.37. The van der Waals surface area contributed by atoms with Gasteiger partial charge in [0.25, 0.3) is 5.91 Å². The summed E-state index contributed by atoms with van der Waals surface area (Å²) in [5, 5.41) is 7.32. The van der Waals surface area contributed by atoms with Crippen molar-refractivity contribution in [1.82, 2.24) is 5.32 Å². The summed E-state index contributed by atoms with van der Waals surface area (Å²) in [7, 11) is 0. The maximum Gasteiger partial charge on any atom is 0.263 e. The number of amides is 2.